The number of hydrogen-bond acceptors (Lipinski definition) is 3. The molecular weight excluding hydrogens is 557 g/mol. The van der Waals surface area contributed by atoms with Crippen LogP contribution in [0.3, 0.4) is 0 Å². The predicted octanol–water partition coefficient (Wildman–Crippen LogP) is 4.54. The fraction of sp³-hybridized carbons (Fsp3) is 1.00. The molecular formula is C8HF18KO3S. The van der Waals surface area contributed by atoms with Gasteiger partial charge in [-0.25, -0.2) is 0 Å². The molecule has 31 heavy (non-hydrogen) atoms. The number of halogens is 18. The molecule has 0 unspecified atom stereocenters. The molecule has 0 spiro atoms. The Morgan fingerprint density at radius 3 is 0.968 bits per heavy atom. The fourth-order valence-corrected chi connectivity index (χ4v) is 2.05. The second kappa shape index (κ2) is 8.50. The second-order valence-corrected chi connectivity index (χ2v) is 6.45. The van der Waals surface area contributed by atoms with Gasteiger partial charge in [0.1, 0.15) is 0 Å². The first kappa shape index (κ1) is 33.5. The summed E-state index contributed by atoms with van der Waals surface area (Å²) in [4.78, 5) is 0. The van der Waals surface area contributed by atoms with Crippen molar-refractivity contribution in [3.8, 4) is 0 Å². The Balaban J connectivity index is 0. The van der Waals surface area contributed by atoms with Gasteiger partial charge in [-0.1, -0.05) is 0 Å². The average molecular weight is 558 g/mol. The Morgan fingerprint density at radius 1 is 0.452 bits per heavy atom. The van der Waals surface area contributed by atoms with Gasteiger partial charge in [-0.3, -0.25) is 0 Å². The third kappa shape index (κ3) is 5.05. The van der Waals surface area contributed by atoms with Crippen molar-refractivity contribution in [1.82, 2.24) is 0 Å². The zero-order valence-electron chi connectivity index (χ0n) is 12.4. The van der Waals surface area contributed by atoms with Gasteiger partial charge in [0.15, 0.2) is 0 Å². The standard InChI is InChI=1S/C8F18O3S.K.H/c9-1(10,5(17,18)19)3(13,14)7(23,24)29-30(27,28)8(25,26)4(15,16)2(11,12)6(20,21)22;;. The Hall–Kier alpha value is 0.286. The van der Waals surface area contributed by atoms with Gasteiger partial charge in [-0.05, 0) is 0 Å². The summed E-state index contributed by atoms with van der Waals surface area (Å²) in [6, 6.07) is 0. The molecule has 0 N–H and O–H groups in total. The van der Waals surface area contributed by atoms with E-state index in [0.717, 1.165) is 0 Å². The summed E-state index contributed by atoms with van der Waals surface area (Å²) < 4.78 is 246. The molecule has 0 atom stereocenters. The quantitative estimate of drug-likeness (QED) is 0.262. The molecule has 0 aliphatic carbocycles. The summed E-state index contributed by atoms with van der Waals surface area (Å²) in [6.07, 6.45) is -23.5. The monoisotopic (exact) mass is 558 g/mol. The van der Waals surface area contributed by atoms with Gasteiger partial charge in [0.25, 0.3) is 0 Å². The van der Waals surface area contributed by atoms with Crippen LogP contribution in [0.25, 0.3) is 0 Å². The van der Waals surface area contributed by atoms with Crippen LogP contribution in [-0.2, 0) is 14.3 Å². The molecule has 0 aromatic rings. The molecule has 0 saturated heterocycles. The van der Waals surface area contributed by atoms with E-state index in [1.54, 1.807) is 0 Å². The molecule has 0 aromatic heterocycles. The number of rotatable bonds is 7. The van der Waals surface area contributed by atoms with E-state index in [1.165, 1.54) is 4.18 Å². The number of alkyl halides is 18. The first-order chi connectivity index (χ1) is 12.5. The fourth-order valence-electron chi connectivity index (χ4n) is 1.12. The van der Waals surface area contributed by atoms with Gasteiger partial charge in [-0.2, -0.15) is 91.6 Å². The average Bonchev–Trinajstić information content (AvgIpc) is 2.42. The van der Waals surface area contributed by atoms with Gasteiger partial charge >= 0.3 is 109 Å². The van der Waals surface area contributed by atoms with Crippen molar-refractivity contribution in [1.29, 1.82) is 0 Å². The molecule has 0 radical (unpaired) electrons. The molecule has 0 aromatic carbocycles. The predicted molar refractivity (Wildman–Crippen MR) is 58.9 cm³/mol. The Labute approximate surface area is 199 Å². The molecule has 0 heterocycles. The summed E-state index contributed by atoms with van der Waals surface area (Å²) in [5.74, 6) is -32.6. The van der Waals surface area contributed by atoms with Crippen LogP contribution < -0.4 is 0 Å². The first-order valence-corrected chi connectivity index (χ1v) is 7.22. The van der Waals surface area contributed by atoms with E-state index in [0.29, 0.717) is 0 Å². The van der Waals surface area contributed by atoms with Crippen molar-refractivity contribution in [2.75, 3.05) is 0 Å². The minimum atomic E-state index is -8.90. The van der Waals surface area contributed by atoms with Gasteiger partial charge in [0.05, 0.1) is 0 Å². The van der Waals surface area contributed by atoms with Gasteiger partial charge in [0, 0.05) is 0 Å². The molecule has 0 rings (SSSR count). The second-order valence-electron chi connectivity index (χ2n) is 4.86. The van der Waals surface area contributed by atoms with E-state index in [1.807, 2.05) is 0 Å². The Kier molecular flexibility index (Phi) is 9.17. The van der Waals surface area contributed by atoms with Crippen molar-refractivity contribution in [3.05, 3.63) is 0 Å². The van der Waals surface area contributed by atoms with Crippen LogP contribution in [0.15, 0.2) is 0 Å². The van der Waals surface area contributed by atoms with Gasteiger partial charge in [0.2, 0.25) is 0 Å². The number of hydrogen-bond donors (Lipinski definition) is 0. The van der Waals surface area contributed by atoms with Crippen molar-refractivity contribution in [2.45, 2.75) is 47.4 Å². The van der Waals surface area contributed by atoms with Crippen LogP contribution in [0.5, 0.6) is 0 Å². The normalized spacial score (nSPS) is 16.2. The molecule has 0 saturated carbocycles. The zero-order chi connectivity index (χ0) is 25.2. The van der Waals surface area contributed by atoms with Crippen LogP contribution in [0.4, 0.5) is 79.0 Å². The van der Waals surface area contributed by atoms with E-state index in [9.17, 15) is 87.4 Å². The minimum absolute atomic E-state index is 0. The van der Waals surface area contributed by atoms with Crippen molar-refractivity contribution >= 4 is 61.5 Å². The van der Waals surface area contributed by atoms with Crippen LogP contribution in [0.1, 0.15) is 0 Å². The van der Waals surface area contributed by atoms with Crippen LogP contribution in [-0.4, -0.2) is 107 Å². The SMILES string of the molecule is O=S(=O)(OC(F)(F)C(F)(F)C(F)(F)C(F)(F)F)C(F)(F)C(F)(F)C(F)(F)C(F)(F)F.[KH]. The van der Waals surface area contributed by atoms with Gasteiger partial charge < -0.3 is 0 Å². The summed E-state index contributed by atoms with van der Waals surface area (Å²) in [5.41, 5.74) is 0. The maximum absolute atomic E-state index is 13.0. The summed E-state index contributed by atoms with van der Waals surface area (Å²) in [6.45, 7) is 0. The van der Waals surface area contributed by atoms with E-state index in [4.69, 9.17) is 0 Å². The van der Waals surface area contributed by atoms with Crippen LogP contribution in [0, 0.1) is 0 Å². The van der Waals surface area contributed by atoms with Crippen molar-refractivity contribution in [2.24, 2.45) is 0 Å². The summed E-state index contributed by atoms with van der Waals surface area (Å²) in [7, 11) is -8.90. The Bertz CT molecular complexity index is 749. The summed E-state index contributed by atoms with van der Waals surface area (Å²) >= 11 is 0. The molecule has 3 nitrogen and oxygen atoms in total. The maximum atomic E-state index is 13.0. The molecule has 0 amide bonds. The third-order valence-corrected chi connectivity index (χ3v) is 4.07. The van der Waals surface area contributed by atoms with Gasteiger partial charge in [-0.15, -0.1) is 0 Å². The molecule has 0 bridgehead atoms. The zero-order valence-corrected chi connectivity index (χ0v) is 13.3. The molecule has 0 aliphatic heterocycles. The van der Waals surface area contributed by atoms with E-state index in [-0.39, 0.29) is 51.4 Å². The van der Waals surface area contributed by atoms with E-state index >= 15 is 0 Å². The van der Waals surface area contributed by atoms with E-state index in [2.05, 4.69) is 0 Å². The van der Waals surface area contributed by atoms with E-state index < -0.39 is 57.5 Å². The molecule has 0 aliphatic rings. The van der Waals surface area contributed by atoms with Crippen molar-refractivity contribution in [3.63, 3.8) is 0 Å². The first-order valence-electron chi connectivity index (χ1n) is 5.81. The Morgan fingerprint density at radius 2 is 0.710 bits per heavy atom. The van der Waals surface area contributed by atoms with Crippen LogP contribution >= 0.6 is 0 Å². The third-order valence-electron chi connectivity index (χ3n) is 2.76. The molecule has 0 fully saturated rings. The summed E-state index contributed by atoms with van der Waals surface area (Å²) in [5, 5.41) is -8.23. The van der Waals surface area contributed by atoms with Crippen molar-refractivity contribution < 1.29 is 91.6 Å². The topological polar surface area (TPSA) is 43.4 Å². The molecule has 23 heteroatoms. The van der Waals surface area contributed by atoms with Crippen LogP contribution in [0.2, 0.25) is 0 Å². The molecule has 184 valence electrons.